The first-order valence-electron chi connectivity index (χ1n) is 7.28. The first-order chi connectivity index (χ1) is 10.7. The van der Waals surface area contributed by atoms with E-state index in [9.17, 15) is 0 Å². The van der Waals surface area contributed by atoms with E-state index in [-0.39, 0.29) is 0 Å². The lowest BCUT2D eigenvalue weighted by Gasteiger charge is -2.27. The van der Waals surface area contributed by atoms with Crippen LogP contribution >= 0.6 is 15.9 Å². The Morgan fingerprint density at radius 1 is 1.36 bits per heavy atom. The number of rotatable bonds is 2. The molecular formula is C16H16BrN5. The standard InChI is InChI=1S/C16H16BrN5/c17-12-2-1-3-14-15(12)11(7-19-14)9-22-5-4-13-10(8-22)6-20-16(18)21-13/h1-3,6-7,19H,4-5,8-9H2,(H2,18,20,21). The zero-order chi connectivity index (χ0) is 15.1. The number of aromatic nitrogens is 3. The van der Waals surface area contributed by atoms with Crippen molar-refractivity contribution in [3.05, 3.63) is 51.9 Å². The summed E-state index contributed by atoms with van der Waals surface area (Å²) in [6.07, 6.45) is 4.88. The maximum atomic E-state index is 5.66. The monoisotopic (exact) mass is 357 g/mol. The fourth-order valence-electron chi connectivity index (χ4n) is 3.10. The molecule has 3 aromatic rings. The van der Waals surface area contributed by atoms with Crippen LogP contribution in [0.4, 0.5) is 5.95 Å². The van der Waals surface area contributed by atoms with Crippen LogP contribution in [0.25, 0.3) is 10.9 Å². The van der Waals surface area contributed by atoms with Gasteiger partial charge in [-0.2, -0.15) is 0 Å². The molecule has 112 valence electrons. The number of anilines is 1. The van der Waals surface area contributed by atoms with E-state index in [1.807, 2.05) is 12.3 Å². The van der Waals surface area contributed by atoms with Crippen molar-refractivity contribution >= 4 is 32.8 Å². The Labute approximate surface area is 136 Å². The van der Waals surface area contributed by atoms with Crippen LogP contribution in [0, 0.1) is 0 Å². The number of nitrogen functional groups attached to an aromatic ring is 1. The SMILES string of the molecule is Nc1ncc2c(n1)CCN(Cc1c[nH]c3cccc(Br)c13)C2. The van der Waals surface area contributed by atoms with Gasteiger partial charge >= 0.3 is 0 Å². The van der Waals surface area contributed by atoms with E-state index < -0.39 is 0 Å². The van der Waals surface area contributed by atoms with E-state index in [0.717, 1.165) is 41.7 Å². The van der Waals surface area contributed by atoms with E-state index in [4.69, 9.17) is 5.73 Å². The van der Waals surface area contributed by atoms with Gasteiger partial charge < -0.3 is 10.7 Å². The van der Waals surface area contributed by atoms with E-state index in [2.05, 4.69) is 54.1 Å². The summed E-state index contributed by atoms with van der Waals surface area (Å²) in [5.74, 6) is 0.368. The molecule has 1 aromatic carbocycles. The van der Waals surface area contributed by atoms with E-state index in [1.54, 1.807) is 0 Å². The van der Waals surface area contributed by atoms with Crippen molar-refractivity contribution in [1.82, 2.24) is 19.9 Å². The average Bonchev–Trinajstić information content (AvgIpc) is 2.92. The van der Waals surface area contributed by atoms with Gasteiger partial charge in [0.15, 0.2) is 0 Å². The smallest absolute Gasteiger partial charge is 0.220 e. The number of nitrogens with one attached hydrogen (secondary N) is 1. The van der Waals surface area contributed by atoms with Gasteiger partial charge in [-0.15, -0.1) is 0 Å². The number of fused-ring (bicyclic) bond motifs is 2. The summed E-state index contributed by atoms with van der Waals surface area (Å²) in [7, 11) is 0. The Morgan fingerprint density at radius 3 is 3.18 bits per heavy atom. The summed E-state index contributed by atoms with van der Waals surface area (Å²) in [5.41, 5.74) is 10.4. The Hall–Kier alpha value is -1.92. The molecule has 0 radical (unpaired) electrons. The van der Waals surface area contributed by atoms with Crippen molar-refractivity contribution in [3.63, 3.8) is 0 Å². The van der Waals surface area contributed by atoms with Crippen molar-refractivity contribution in [3.8, 4) is 0 Å². The van der Waals surface area contributed by atoms with E-state index >= 15 is 0 Å². The number of benzene rings is 1. The summed E-state index contributed by atoms with van der Waals surface area (Å²) in [6, 6.07) is 6.24. The zero-order valence-corrected chi connectivity index (χ0v) is 13.6. The Balaban J connectivity index is 1.60. The third-order valence-corrected chi connectivity index (χ3v) is 4.82. The molecule has 0 aliphatic carbocycles. The van der Waals surface area contributed by atoms with Gasteiger partial charge in [-0.25, -0.2) is 9.97 Å². The van der Waals surface area contributed by atoms with Crippen LogP contribution in [0.5, 0.6) is 0 Å². The molecule has 0 saturated carbocycles. The van der Waals surface area contributed by atoms with Crippen LogP contribution < -0.4 is 5.73 Å². The van der Waals surface area contributed by atoms with Crippen molar-refractivity contribution in [2.45, 2.75) is 19.5 Å². The zero-order valence-electron chi connectivity index (χ0n) is 12.0. The Morgan fingerprint density at radius 2 is 2.27 bits per heavy atom. The number of H-pyrrole nitrogens is 1. The summed E-state index contributed by atoms with van der Waals surface area (Å²) in [4.78, 5) is 14.2. The van der Waals surface area contributed by atoms with Gasteiger partial charge in [-0.05, 0) is 17.7 Å². The largest absolute Gasteiger partial charge is 0.368 e. The van der Waals surface area contributed by atoms with Gasteiger partial charge in [0.2, 0.25) is 5.95 Å². The second-order valence-corrected chi connectivity index (χ2v) is 6.49. The molecule has 1 aliphatic heterocycles. The summed E-state index contributed by atoms with van der Waals surface area (Å²) >= 11 is 3.65. The number of nitrogens with two attached hydrogens (primary N) is 1. The number of aromatic amines is 1. The molecule has 0 atom stereocenters. The molecule has 4 rings (SSSR count). The number of halogens is 1. The summed E-state index contributed by atoms with van der Waals surface area (Å²) in [5, 5.41) is 1.27. The lowest BCUT2D eigenvalue weighted by Crippen LogP contribution is -2.31. The molecule has 5 nitrogen and oxygen atoms in total. The van der Waals surface area contributed by atoms with Gasteiger partial charge in [-0.1, -0.05) is 22.0 Å². The van der Waals surface area contributed by atoms with Crippen LogP contribution in [0.2, 0.25) is 0 Å². The van der Waals surface area contributed by atoms with Crippen LogP contribution in [0.1, 0.15) is 16.8 Å². The molecule has 1 aliphatic rings. The average molecular weight is 358 g/mol. The second kappa shape index (κ2) is 5.37. The van der Waals surface area contributed by atoms with Crippen molar-refractivity contribution < 1.29 is 0 Å². The Bertz CT molecular complexity index is 842. The molecule has 0 saturated heterocycles. The van der Waals surface area contributed by atoms with Crippen molar-refractivity contribution in [1.29, 1.82) is 0 Å². The highest BCUT2D eigenvalue weighted by atomic mass is 79.9. The fraction of sp³-hybridized carbons (Fsp3) is 0.250. The normalized spacial score (nSPS) is 15.1. The highest BCUT2D eigenvalue weighted by Gasteiger charge is 2.19. The quantitative estimate of drug-likeness (QED) is 0.739. The minimum atomic E-state index is 0.368. The fourth-order valence-corrected chi connectivity index (χ4v) is 3.72. The maximum absolute atomic E-state index is 5.66. The number of hydrogen-bond donors (Lipinski definition) is 2. The summed E-state index contributed by atoms with van der Waals surface area (Å²) in [6.45, 7) is 2.76. The minimum absolute atomic E-state index is 0.368. The van der Waals surface area contributed by atoms with Crippen LogP contribution in [0.3, 0.4) is 0 Å². The molecular weight excluding hydrogens is 342 g/mol. The van der Waals surface area contributed by atoms with E-state index in [0.29, 0.717) is 5.95 Å². The minimum Gasteiger partial charge on any atom is -0.368 e. The third kappa shape index (κ3) is 2.38. The van der Waals surface area contributed by atoms with Crippen molar-refractivity contribution in [2.24, 2.45) is 0 Å². The third-order valence-electron chi connectivity index (χ3n) is 4.16. The molecule has 2 aromatic heterocycles. The number of nitrogens with zero attached hydrogens (tertiary/aromatic N) is 3. The van der Waals surface area contributed by atoms with Crippen LogP contribution in [0.15, 0.2) is 35.1 Å². The number of hydrogen-bond acceptors (Lipinski definition) is 4. The van der Waals surface area contributed by atoms with Gasteiger partial charge in [0.05, 0.1) is 5.69 Å². The molecule has 0 unspecified atom stereocenters. The first kappa shape index (κ1) is 13.7. The Kier molecular flexibility index (Phi) is 3.35. The molecule has 0 amide bonds. The molecule has 0 spiro atoms. The van der Waals surface area contributed by atoms with Gasteiger partial charge in [0, 0.05) is 59.4 Å². The second-order valence-electron chi connectivity index (χ2n) is 5.64. The van der Waals surface area contributed by atoms with Crippen molar-refractivity contribution in [2.75, 3.05) is 12.3 Å². The van der Waals surface area contributed by atoms with Crippen LogP contribution in [-0.2, 0) is 19.5 Å². The lowest BCUT2D eigenvalue weighted by molar-refractivity contribution is 0.244. The molecule has 6 heteroatoms. The first-order valence-corrected chi connectivity index (χ1v) is 8.07. The molecule has 22 heavy (non-hydrogen) atoms. The van der Waals surface area contributed by atoms with E-state index in [1.165, 1.54) is 16.5 Å². The lowest BCUT2D eigenvalue weighted by atomic mass is 10.1. The molecule has 3 heterocycles. The predicted octanol–water partition coefficient (Wildman–Crippen LogP) is 2.86. The molecule has 0 fully saturated rings. The summed E-state index contributed by atoms with van der Waals surface area (Å²) < 4.78 is 1.13. The molecule has 0 bridgehead atoms. The predicted molar refractivity (Wildman–Crippen MR) is 90.3 cm³/mol. The van der Waals surface area contributed by atoms with Gasteiger partial charge in [-0.3, -0.25) is 4.90 Å². The van der Waals surface area contributed by atoms with Gasteiger partial charge in [0.25, 0.3) is 0 Å². The molecule has 3 N–H and O–H groups in total. The van der Waals surface area contributed by atoms with Gasteiger partial charge in [0.1, 0.15) is 0 Å². The highest BCUT2D eigenvalue weighted by molar-refractivity contribution is 9.10. The maximum Gasteiger partial charge on any atom is 0.220 e. The highest BCUT2D eigenvalue weighted by Crippen LogP contribution is 2.29. The topological polar surface area (TPSA) is 70.8 Å². The van der Waals surface area contributed by atoms with Crippen LogP contribution in [-0.4, -0.2) is 26.4 Å².